The number of hydrogen-bond acceptors (Lipinski definition) is 4. The van der Waals surface area contributed by atoms with E-state index in [-0.39, 0.29) is 24.7 Å². The number of sulfonamides is 1. The normalized spacial score (nSPS) is 12.9. The molecule has 35 heavy (non-hydrogen) atoms. The molecule has 5 nitrogen and oxygen atoms in total. The Hall–Kier alpha value is -3.38. The van der Waals surface area contributed by atoms with Gasteiger partial charge in [-0.2, -0.15) is 0 Å². The van der Waals surface area contributed by atoms with Gasteiger partial charge in [0.15, 0.2) is 0 Å². The third-order valence-corrected chi connectivity index (χ3v) is 9.41. The Kier molecular flexibility index (Phi) is 8.03. The van der Waals surface area contributed by atoms with Crippen LogP contribution in [0.25, 0.3) is 0 Å². The van der Waals surface area contributed by atoms with Crippen LogP contribution in [-0.2, 0) is 14.8 Å². The molecule has 0 aromatic heterocycles. The Balaban J connectivity index is 1.66. The quantitative estimate of drug-likeness (QED) is 0.316. The summed E-state index contributed by atoms with van der Waals surface area (Å²) in [7, 11) is -4.07. The Bertz CT molecular complexity index is 1350. The van der Waals surface area contributed by atoms with E-state index in [4.69, 9.17) is 4.74 Å². The summed E-state index contributed by atoms with van der Waals surface area (Å²) < 4.78 is 34.7. The van der Waals surface area contributed by atoms with Crippen LogP contribution >= 0.6 is 0 Å². The Labute approximate surface area is 212 Å². The number of ether oxygens (including phenoxy) is 1. The summed E-state index contributed by atoms with van der Waals surface area (Å²) >= 11 is -0.112. The van der Waals surface area contributed by atoms with Crippen LogP contribution in [0.4, 0.5) is 4.79 Å². The molecule has 0 aliphatic carbocycles. The van der Waals surface area contributed by atoms with E-state index < -0.39 is 22.2 Å². The topological polar surface area (TPSA) is 72.5 Å². The van der Waals surface area contributed by atoms with Crippen LogP contribution in [0, 0.1) is 6.92 Å². The summed E-state index contributed by atoms with van der Waals surface area (Å²) in [5.74, 6) is 0. The summed E-state index contributed by atoms with van der Waals surface area (Å²) in [6, 6.07) is 35.6. The zero-order valence-electron chi connectivity index (χ0n) is 19.1. The predicted molar refractivity (Wildman–Crippen MR) is 138 cm³/mol. The van der Waals surface area contributed by atoms with Gasteiger partial charge in [-0.05, 0) is 0 Å². The second kappa shape index (κ2) is 11.4. The molecule has 1 N–H and O–H groups in total. The number of carbonyl (C=O) groups is 1. The maximum atomic E-state index is 13.0. The zero-order chi connectivity index (χ0) is 24.7. The van der Waals surface area contributed by atoms with Crippen molar-refractivity contribution in [2.45, 2.75) is 22.7 Å². The van der Waals surface area contributed by atoms with E-state index in [2.05, 4.69) is 16.9 Å². The van der Waals surface area contributed by atoms with Gasteiger partial charge in [-0.1, -0.05) is 0 Å². The molecule has 2 atom stereocenters. The maximum absolute atomic E-state index is 13.0. The summed E-state index contributed by atoms with van der Waals surface area (Å²) in [6.07, 6.45) is -1.70. The van der Waals surface area contributed by atoms with Gasteiger partial charge in [0.2, 0.25) is 0 Å². The third kappa shape index (κ3) is 6.61. The van der Waals surface area contributed by atoms with Crippen molar-refractivity contribution < 1.29 is 17.9 Å². The molecule has 0 fully saturated rings. The molecular weight excluding hydrogens is 525 g/mol. The van der Waals surface area contributed by atoms with Gasteiger partial charge in [0, 0.05) is 0 Å². The molecule has 178 valence electrons. The van der Waals surface area contributed by atoms with Crippen molar-refractivity contribution in [2.24, 2.45) is 0 Å². The molecule has 4 aromatic rings. The van der Waals surface area contributed by atoms with Gasteiger partial charge in [-0.3, -0.25) is 0 Å². The van der Waals surface area contributed by atoms with E-state index >= 15 is 0 Å². The zero-order valence-corrected chi connectivity index (χ0v) is 21.6. The molecule has 0 saturated heterocycles. The van der Waals surface area contributed by atoms with E-state index in [1.807, 2.05) is 85.8 Å². The summed E-state index contributed by atoms with van der Waals surface area (Å²) in [6.45, 7) is 1.86. The van der Waals surface area contributed by atoms with Gasteiger partial charge in [-0.25, -0.2) is 0 Å². The number of benzene rings is 4. The second-order valence-electron chi connectivity index (χ2n) is 7.92. The van der Waals surface area contributed by atoms with Crippen molar-refractivity contribution in [2.75, 3.05) is 0 Å². The number of hydrogen-bond donors (Lipinski definition) is 1. The van der Waals surface area contributed by atoms with Gasteiger partial charge in [-0.15, -0.1) is 0 Å². The molecule has 4 aromatic carbocycles. The number of carbonyl (C=O) groups excluding carboxylic acids is 1. The fourth-order valence-electron chi connectivity index (χ4n) is 3.57. The number of rotatable bonds is 8. The second-order valence-corrected chi connectivity index (χ2v) is 12.1. The third-order valence-electron chi connectivity index (χ3n) is 5.32. The van der Waals surface area contributed by atoms with Gasteiger partial charge in [0.25, 0.3) is 0 Å². The van der Waals surface area contributed by atoms with E-state index in [9.17, 15) is 13.2 Å². The van der Waals surface area contributed by atoms with Crippen LogP contribution in [0.5, 0.6) is 0 Å². The Morgan fingerprint density at radius 3 is 1.83 bits per heavy atom. The van der Waals surface area contributed by atoms with E-state index in [0.29, 0.717) is 0 Å². The van der Waals surface area contributed by atoms with E-state index in [1.54, 1.807) is 12.1 Å². The number of nitrogens with one attached hydrogen (secondary N) is 1. The molecule has 0 radical (unpaired) electrons. The van der Waals surface area contributed by atoms with Crippen LogP contribution < -0.4 is 9.18 Å². The van der Waals surface area contributed by atoms with E-state index in [1.165, 1.54) is 12.1 Å². The minimum atomic E-state index is -4.07. The molecule has 0 spiro atoms. The van der Waals surface area contributed by atoms with Crippen LogP contribution in [0.2, 0.25) is 0 Å². The SMILES string of the molecule is Cc1ccc(S(=O)(=O)NC(=O)OC(c2ccccc2)C([Se]c2ccccc2)c2ccccc2)cc1. The van der Waals surface area contributed by atoms with Gasteiger partial charge < -0.3 is 0 Å². The van der Waals surface area contributed by atoms with Crippen molar-refractivity contribution in [1.29, 1.82) is 0 Å². The molecule has 0 aliphatic rings. The molecule has 0 aliphatic heterocycles. The first-order valence-electron chi connectivity index (χ1n) is 11.0. The van der Waals surface area contributed by atoms with Crippen LogP contribution in [0.15, 0.2) is 120 Å². The van der Waals surface area contributed by atoms with Crippen LogP contribution in [0.3, 0.4) is 0 Å². The number of aryl methyl sites for hydroxylation is 1. The first kappa shape index (κ1) is 24.7. The Morgan fingerprint density at radius 2 is 1.26 bits per heavy atom. The molecule has 0 bridgehead atoms. The van der Waals surface area contributed by atoms with Crippen molar-refractivity contribution in [3.05, 3.63) is 132 Å². The van der Waals surface area contributed by atoms with E-state index in [0.717, 1.165) is 21.2 Å². The molecule has 0 saturated carbocycles. The molecule has 7 heteroatoms. The monoisotopic (exact) mass is 551 g/mol. The average molecular weight is 551 g/mol. The van der Waals surface area contributed by atoms with Crippen molar-refractivity contribution in [1.82, 2.24) is 4.72 Å². The molecule has 2 unspecified atom stereocenters. The van der Waals surface area contributed by atoms with Crippen molar-refractivity contribution in [3.63, 3.8) is 0 Å². The van der Waals surface area contributed by atoms with Crippen molar-refractivity contribution in [3.8, 4) is 0 Å². The molecule has 0 heterocycles. The minimum absolute atomic E-state index is 0.00410. The summed E-state index contributed by atoms with van der Waals surface area (Å²) in [5.41, 5.74) is 2.73. The summed E-state index contributed by atoms with van der Waals surface area (Å²) in [4.78, 5) is 12.8. The summed E-state index contributed by atoms with van der Waals surface area (Å²) in [5, 5.41) is 0. The molecule has 1 amide bonds. The first-order chi connectivity index (χ1) is 16.9. The fraction of sp³-hybridized carbons (Fsp3) is 0.107. The van der Waals surface area contributed by atoms with Gasteiger partial charge in [0.05, 0.1) is 0 Å². The van der Waals surface area contributed by atoms with Crippen molar-refractivity contribution >= 4 is 35.5 Å². The van der Waals surface area contributed by atoms with Crippen LogP contribution in [0.1, 0.15) is 27.6 Å². The number of amides is 1. The van der Waals surface area contributed by atoms with Gasteiger partial charge in [0.1, 0.15) is 0 Å². The molecular formula is C28H25NO4SSe. The van der Waals surface area contributed by atoms with Gasteiger partial charge >= 0.3 is 213 Å². The fourth-order valence-corrected chi connectivity index (χ4v) is 7.04. The van der Waals surface area contributed by atoms with Crippen LogP contribution in [-0.4, -0.2) is 29.5 Å². The average Bonchev–Trinajstić information content (AvgIpc) is 2.88. The Morgan fingerprint density at radius 1 is 0.743 bits per heavy atom. The molecule has 4 rings (SSSR count). The standard InChI is InChI=1S/C28H25NO4SSe/c1-21-17-19-24(20-18-21)34(31,32)29-28(30)33-26(22-11-5-2-6-12-22)27(23-13-7-3-8-14-23)35-25-15-9-4-10-16-25/h2-20,26-27H,1H3,(H,29,30). The first-order valence-corrected chi connectivity index (χ1v) is 14.4. The predicted octanol–water partition coefficient (Wildman–Crippen LogP) is 4.92.